The van der Waals surface area contributed by atoms with E-state index >= 15 is 0 Å². The molecule has 2 aromatic heterocycles. The van der Waals surface area contributed by atoms with Crippen LogP contribution in [0.25, 0.3) is 11.0 Å². The molecular weight excluding hydrogens is 460 g/mol. The summed E-state index contributed by atoms with van der Waals surface area (Å²) >= 11 is 6.21. The Morgan fingerprint density at radius 2 is 1.97 bits per heavy atom. The molecule has 1 aliphatic rings. The van der Waals surface area contributed by atoms with E-state index in [9.17, 15) is 9.00 Å². The summed E-state index contributed by atoms with van der Waals surface area (Å²) in [6.45, 7) is 5.70. The molecule has 4 rings (SSSR count). The number of rotatable bonds is 6. The van der Waals surface area contributed by atoms with E-state index in [1.807, 2.05) is 20.8 Å². The van der Waals surface area contributed by atoms with Crippen LogP contribution in [0.4, 0.5) is 11.6 Å². The van der Waals surface area contributed by atoms with Crippen molar-refractivity contribution in [3.63, 3.8) is 0 Å². The fraction of sp³-hybridized carbons (Fsp3) is 0.435. The van der Waals surface area contributed by atoms with E-state index in [2.05, 4.69) is 15.3 Å². The maximum absolute atomic E-state index is 13.0. The van der Waals surface area contributed by atoms with Crippen molar-refractivity contribution in [1.82, 2.24) is 18.8 Å². The lowest BCUT2D eigenvalue weighted by Gasteiger charge is -2.24. The molecule has 8 nitrogen and oxygen atoms in total. The van der Waals surface area contributed by atoms with Crippen molar-refractivity contribution >= 4 is 44.2 Å². The Labute approximate surface area is 199 Å². The third kappa shape index (κ3) is 4.49. The SMILES string of the molecule is Cc1cc(S(=N)(=O)N(C)C(C)C)ccc1Nc1ncc2cc(Cl)c(=O)n(C3CCCC3)c2n1. The zero-order chi connectivity index (χ0) is 23.9. The Balaban J connectivity index is 1.70. The highest BCUT2D eigenvalue weighted by Gasteiger charge is 2.23. The molecule has 0 radical (unpaired) electrons. The number of aromatic nitrogens is 3. The standard InChI is InChI=1S/C23H29ClN6O2S/c1-14(2)29(4)33(25,32)18-9-10-20(15(3)11-18)27-23-26-13-16-12-19(24)22(31)30(21(16)28-23)17-7-5-6-8-17/h9-14,17,25H,5-8H2,1-4H3,(H,26,27,28). The molecule has 2 heterocycles. The third-order valence-electron chi connectivity index (χ3n) is 6.32. The van der Waals surface area contributed by atoms with Gasteiger partial charge in [-0.25, -0.2) is 18.3 Å². The lowest BCUT2D eigenvalue weighted by Crippen LogP contribution is -2.32. The molecule has 0 saturated heterocycles. The summed E-state index contributed by atoms with van der Waals surface area (Å²) in [6, 6.07) is 6.91. The minimum Gasteiger partial charge on any atom is -0.324 e. The van der Waals surface area contributed by atoms with Gasteiger partial charge in [-0.2, -0.15) is 4.98 Å². The summed E-state index contributed by atoms with van der Waals surface area (Å²) in [4.78, 5) is 22.3. The molecule has 3 aromatic rings. The lowest BCUT2D eigenvalue weighted by molar-refractivity contribution is 0.436. The molecule has 1 saturated carbocycles. The number of nitrogens with zero attached hydrogens (tertiary/aromatic N) is 4. The van der Waals surface area contributed by atoms with E-state index in [1.54, 1.807) is 46.4 Å². The van der Waals surface area contributed by atoms with Gasteiger partial charge in [0.15, 0.2) is 0 Å². The van der Waals surface area contributed by atoms with E-state index in [4.69, 9.17) is 16.4 Å². The van der Waals surface area contributed by atoms with Crippen molar-refractivity contribution in [2.45, 2.75) is 63.4 Å². The van der Waals surface area contributed by atoms with Crippen molar-refractivity contribution in [3.8, 4) is 0 Å². The second kappa shape index (κ2) is 9.04. The largest absolute Gasteiger partial charge is 0.324 e. The van der Waals surface area contributed by atoms with Crippen LogP contribution in [0.15, 0.2) is 40.2 Å². The summed E-state index contributed by atoms with van der Waals surface area (Å²) in [7, 11) is -1.38. The minimum absolute atomic E-state index is 0.0231. The van der Waals surface area contributed by atoms with Gasteiger partial charge in [0.1, 0.15) is 20.6 Å². The van der Waals surface area contributed by atoms with Crippen molar-refractivity contribution in [1.29, 1.82) is 4.78 Å². The topological polar surface area (TPSA) is 104 Å². The molecule has 1 aromatic carbocycles. The van der Waals surface area contributed by atoms with Gasteiger partial charge in [0.25, 0.3) is 5.56 Å². The molecule has 2 N–H and O–H groups in total. The average molecular weight is 489 g/mol. The smallest absolute Gasteiger partial charge is 0.271 e. The van der Waals surface area contributed by atoms with Crippen LogP contribution in [0.5, 0.6) is 0 Å². The first-order chi connectivity index (χ1) is 15.6. The molecule has 33 heavy (non-hydrogen) atoms. The summed E-state index contributed by atoms with van der Waals surface area (Å²) in [5.74, 6) is 0.359. The van der Waals surface area contributed by atoms with Crippen LogP contribution in [0.1, 0.15) is 51.1 Å². The zero-order valence-electron chi connectivity index (χ0n) is 19.3. The van der Waals surface area contributed by atoms with Gasteiger partial charge in [0.05, 0.1) is 4.90 Å². The normalized spacial score (nSPS) is 16.6. The average Bonchev–Trinajstić information content (AvgIpc) is 3.30. The second-order valence-electron chi connectivity index (χ2n) is 8.85. The van der Waals surface area contributed by atoms with Gasteiger partial charge in [-0.1, -0.05) is 24.4 Å². The Morgan fingerprint density at radius 1 is 1.27 bits per heavy atom. The van der Waals surface area contributed by atoms with Crippen LogP contribution >= 0.6 is 11.6 Å². The highest BCUT2D eigenvalue weighted by atomic mass is 35.5. The van der Waals surface area contributed by atoms with Crippen LogP contribution < -0.4 is 10.9 Å². The van der Waals surface area contributed by atoms with Crippen LogP contribution in [0.2, 0.25) is 5.02 Å². The van der Waals surface area contributed by atoms with Gasteiger partial charge >= 0.3 is 0 Å². The third-order valence-corrected chi connectivity index (χ3v) is 8.71. The molecule has 0 amide bonds. The van der Waals surface area contributed by atoms with Gasteiger partial charge in [-0.15, -0.1) is 0 Å². The van der Waals surface area contributed by atoms with Crippen molar-refractivity contribution in [2.24, 2.45) is 0 Å². The van der Waals surface area contributed by atoms with E-state index < -0.39 is 9.92 Å². The quantitative estimate of drug-likeness (QED) is 0.491. The van der Waals surface area contributed by atoms with Gasteiger partial charge in [-0.3, -0.25) is 9.36 Å². The Bertz CT molecular complexity index is 1360. The van der Waals surface area contributed by atoms with E-state index in [0.29, 0.717) is 16.5 Å². The monoisotopic (exact) mass is 488 g/mol. The Hall–Kier alpha value is -2.49. The molecule has 0 aliphatic heterocycles. The highest BCUT2D eigenvalue weighted by molar-refractivity contribution is 7.90. The van der Waals surface area contributed by atoms with Gasteiger partial charge in [0, 0.05) is 36.4 Å². The molecule has 176 valence electrons. The van der Waals surface area contributed by atoms with Gasteiger partial charge < -0.3 is 5.32 Å². The first-order valence-corrected chi connectivity index (χ1v) is 13.0. The number of aryl methyl sites for hydroxylation is 1. The number of benzene rings is 1. The number of pyridine rings is 1. The van der Waals surface area contributed by atoms with Gasteiger partial charge in [0.2, 0.25) is 5.95 Å². The molecule has 1 aliphatic carbocycles. The summed E-state index contributed by atoms with van der Waals surface area (Å²) in [5, 5.41) is 4.10. The number of anilines is 2. The molecule has 1 atom stereocenters. The van der Waals surface area contributed by atoms with Crippen molar-refractivity contribution in [3.05, 3.63) is 51.4 Å². The van der Waals surface area contributed by atoms with Crippen LogP contribution in [-0.4, -0.2) is 36.1 Å². The zero-order valence-corrected chi connectivity index (χ0v) is 20.8. The summed E-state index contributed by atoms with van der Waals surface area (Å²) in [5.41, 5.74) is 1.90. The number of hydrogen-bond donors (Lipinski definition) is 2. The molecule has 10 heteroatoms. The van der Waals surface area contributed by atoms with E-state index in [-0.39, 0.29) is 22.7 Å². The number of fused-ring (bicyclic) bond motifs is 1. The highest BCUT2D eigenvalue weighted by Crippen LogP contribution is 2.31. The van der Waals surface area contributed by atoms with Gasteiger partial charge in [-0.05, 0) is 63.4 Å². The van der Waals surface area contributed by atoms with Crippen LogP contribution in [0.3, 0.4) is 0 Å². The maximum Gasteiger partial charge on any atom is 0.271 e. The van der Waals surface area contributed by atoms with Crippen molar-refractivity contribution in [2.75, 3.05) is 12.4 Å². The molecule has 0 spiro atoms. The van der Waals surface area contributed by atoms with Crippen LogP contribution in [0, 0.1) is 11.7 Å². The molecule has 1 fully saturated rings. The first kappa shape index (κ1) is 23.7. The predicted octanol–water partition coefficient (Wildman–Crippen LogP) is 5.27. The Kier molecular flexibility index (Phi) is 6.48. The van der Waals surface area contributed by atoms with E-state index in [1.165, 1.54) is 0 Å². The maximum atomic E-state index is 13.0. The Morgan fingerprint density at radius 3 is 2.61 bits per heavy atom. The number of hydrogen-bond acceptors (Lipinski definition) is 6. The first-order valence-electron chi connectivity index (χ1n) is 11.1. The number of halogens is 1. The predicted molar refractivity (Wildman–Crippen MR) is 133 cm³/mol. The number of nitrogens with one attached hydrogen (secondary N) is 2. The van der Waals surface area contributed by atoms with E-state index in [0.717, 1.165) is 42.3 Å². The molecule has 1 unspecified atom stereocenters. The fourth-order valence-corrected chi connectivity index (χ4v) is 5.90. The van der Waals surface area contributed by atoms with Crippen LogP contribution in [-0.2, 0) is 9.92 Å². The lowest BCUT2D eigenvalue weighted by atomic mass is 10.2. The second-order valence-corrected chi connectivity index (χ2v) is 11.4. The molecular formula is C23H29ClN6O2S. The molecule has 0 bridgehead atoms. The minimum atomic E-state index is -3.08. The fourth-order valence-electron chi connectivity index (χ4n) is 4.18. The van der Waals surface area contributed by atoms with Crippen molar-refractivity contribution < 1.29 is 4.21 Å². The summed E-state index contributed by atoms with van der Waals surface area (Å²) < 4.78 is 24.7. The summed E-state index contributed by atoms with van der Waals surface area (Å²) in [6.07, 6.45) is 5.69.